The monoisotopic (exact) mass is 392 g/mol. The lowest BCUT2D eigenvalue weighted by atomic mass is 10.1. The lowest BCUT2D eigenvalue weighted by Gasteiger charge is -2.25. The van der Waals surface area contributed by atoms with Crippen molar-refractivity contribution in [2.24, 2.45) is 9.98 Å². The Kier molecular flexibility index (Phi) is 4.77. The van der Waals surface area contributed by atoms with Gasteiger partial charge in [0.25, 0.3) is 5.91 Å². The number of carbonyl (C=O) groups is 2. The molecule has 0 saturated heterocycles. The van der Waals surface area contributed by atoms with Gasteiger partial charge in [0.15, 0.2) is 5.17 Å². The van der Waals surface area contributed by atoms with E-state index in [1.165, 1.54) is 16.7 Å². The molecule has 2 heterocycles. The maximum Gasteiger partial charge on any atom is 0.258 e. The first-order valence-electron chi connectivity index (χ1n) is 9.03. The van der Waals surface area contributed by atoms with Crippen LogP contribution in [0.15, 0.2) is 52.4 Å². The average molecular weight is 392 g/mol. The van der Waals surface area contributed by atoms with E-state index in [4.69, 9.17) is 0 Å². The van der Waals surface area contributed by atoms with Gasteiger partial charge in [-0.05, 0) is 56.2 Å². The van der Waals surface area contributed by atoms with E-state index in [1.807, 2.05) is 50.2 Å². The Hall–Kier alpha value is -2.93. The van der Waals surface area contributed by atoms with Gasteiger partial charge >= 0.3 is 0 Å². The minimum Gasteiger partial charge on any atom is -0.325 e. The van der Waals surface area contributed by atoms with Gasteiger partial charge < -0.3 is 5.32 Å². The fraction of sp³-hybridized carbons (Fsp3) is 0.238. The minimum absolute atomic E-state index is 0.120. The molecule has 0 unspecified atom stereocenters. The molecule has 0 aliphatic carbocycles. The van der Waals surface area contributed by atoms with Crippen LogP contribution in [0, 0.1) is 13.8 Å². The molecule has 0 bridgehead atoms. The van der Waals surface area contributed by atoms with Crippen LogP contribution < -0.4 is 5.32 Å². The highest BCUT2D eigenvalue weighted by Gasteiger charge is 2.39. The third kappa shape index (κ3) is 3.45. The van der Waals surface area contributed by atoms with Crippen LogP contribution in [0.25, 0.3) is 0 Å². The molecule has 0 aromatic heterocycles. The Labute approximate surface area is 167 Å². The Balaban J connectivity index is 1.52. The summed E-state index contributed by atoms with van der Waals surface area (Å²) in [6.07, 6.45) is 0. The number of nitrogens with one attached hydrogen (secondary N) is 1. The molecule has 142 valence electrons. The van der Waals surface area contributed by atoms with E-state index in [1.54, 1.807) is 6.92 Å². The first kappa shape index (κ1) is 18.4. The van der Waals surface area contributed by atoms with Crippen molar-refractivity contribution in [2.45, 2.75) is 26.8 Å². The number of benzene rings is 2. The number of rotatable bonds is 3. The molecule has 2 amide bonds. The Morgan fingerprint density at radius 2 is 1.89 bits per heavy atom. The molecular formula is C21H20N4O2S. The standard InChI is InChI=1S/C21H20N4O2S/c1-12-8-13(2)10-15(9-12)23-18(26)11-28-21-24-17-7-5-4-6-16(17)19-22-14(3)20(27)25(19)21/h4-10,14H,11H2,1-3H3,(H,23,26)/t14-/m1/s1. The van der Waals surface area contributed by atoms with E-state index in [-0.39, 0.29) is 17.6 Å². The summed E-state index contributed by atoms with van der Waals surface area (Å²) in [4.78, 5) is 35.7. The molecule has 6 nitrogen and oxygen atoms in total. The van der Waals surface area contributed by atoms with Crippen LogP contribution in [0.4, 0.5) is 11.4 Å². The van der Waals surface area contributed by atoms with Gasteiger partial charge in [-0.2, -0.15) is 0 Å². The van der Waals surface area contributed by atoms with Crippen molar-refractivity contribution in [3.05, 3.63) is 59.2 Å². The molecule has 2 aliphatic rings. The number of amides is 2. The highest BCUT2D eigenvalue weighted by atomic mass is 32.2. The van der Waals surface area contributed by atoms with Crippen LogP contribution in [0.3, 0.4) is 0 Å². The number of nitrogens with zero attached hydrogens (tertiary/aromatic N) is 3. The second kappa shape index (κ2) is 7.24. The van der Waals surface area contributed by atoms with Gasteiger partial charge in [-0.3, -0.25) is 14.6 Å². The van der Waals surface area contributed by atoms with Gasteiger partial charge in [0.1, 0.15) is 11.9 Å². The van der Waals surface area contributed by atoms with E-state index in [0.29, 0.717) is 11.0 Å². The molecule has 0 spiro atoms. The average Bonchev–Trinajstić information content (AvgIpc) is 2.94. The SMILES string of the molecule is Cc1cc(C)cc(NC(=O)CSC2=Nc3ccccc3C3=N[C@H](C)C(=O)N23)c1. The molecule has 1 N–H and O–H groups in total. The number of amidine groups is 2. The van der Waals surface area contributed by atoms with Crippen LogP contribution in [-0.2, 0) is 9.59 Å². The molecule has 0 saturated carbocycles. The smallest absolute Gasteiger partial charge is 0.258 e. The molecule has 1 atom stereocenters. The lowest BCUT2D eigenvalue weighted by Crippen LogP contribution is -2.41. The van der Waals surface area contributed by atoms with Crippen LogP contribution >= 0.6 is 11.8 Å². The third-order valence-corrected chi connectivity index (χ3v) is 5.43. The van der Waals surface area contributed by atoms with E-state index in [9.17, 15) is 9.59 Å². The molecule has 0 fully saturated rings. The first-order valence-corrected chi connectivity index (χ1v) is 10.0. The van der Waals surface area contributed by atoms with Gasteiger partial charge in [0.05, 0.1) is 11.4 Å². The van der Waals surface area contributed by atoms with Crippen LogP contribution in [0.2, 0.25) is 0 Å². The van der Waals surface area contributed by atoms with Crippen molar-refractivity contribution in [2.75, 3.05) is 11.1 Å². The van der Waals surface area contributed by atoms with Gasteiger partial charge in [-0.1, -0.05) is 30.0 Å². The highest BCUT2D eigenvalue weighted by molar-refractivity contribution is 8.14. The van der Waals surface area contributed by atoms with E-state index < -0.39 is 6.04 Å². The van der Waals surface area contributed by atoms with Gasteiger partial charge in [0, 0.05) is 11.3 Å². The largest absolute Gasteiger partial charge is 0.325 e. The zero-order valence-corrected chi connectivity index (χ0v) is 16.7. The Bertz CT molecular complexity index is 1020. The molecule has 2 aliphatic heterocycles. The summed E-state index contributed by atoms with van der Waals surface area (Å²) >= 11 is 1.24. The number of anilines is 1. The minimum atomic E-state index is -0.448. The van der Waals surface area contributed by atoms with Crippen molar-refractivity contribution >= 4 is 46.0 Å². The lowest BCUT2D eigenvalue weighted by molar-refractivity contribution is -0.124. The number of thioether (sulfide) groups is 1. The molecule has 2 aromatic rings. The Morgan fingerprint density at radius 3 is 2.64 bits per heavy atom. The fourth-order valence-electron chi connectivity index (χ4n) is 3.35. The number of hydrogen-bond donors (Lipinski definition) is 1. The second-order valence-corrected chi connectivity index (χ2v) is 7.87. The van der Waals surface area contributed by atoms with Crippen molar-refractivity contribution in [1.82, 2.24) is 4.90 Å². The van der Waals surface area contributed by atoms with Gasteiger partial charge in [-0.25, -0.2) is 9.89 Å². The zero-order valence-electron chi connectivity index (χ0n) is 15.9. The molecule has 0 radical (unpaired) electrons. The van der Waals surface area contributed by atoms with Gasteiger partial charge in [0.2, 0.25) is 5.91 Å². The van der Waals surface area contributed by atoms with Gasteiger partial charge in [-0.15, -0.1) is 0 Å². The number of fused-ring (bicyclic) bond motifs is 3. The summed E-state index contributed by atoms with van der Waals surface area (Å²) < 4.78 is 0. The van der Waals surface area contributed by atoms with Crippen molar-refractivity contribution in [1.29, 1.82) is 0 Å². The molecule has 7 heteroatoms. The molecule has 28 heavy (non-hydrogen) atoms. The molecule has 4 rings (SSSR count). The van der Waals surface area contributed by atoms with Crippen molar-refractivity contribution in [3.8, 4) is 0 Å². The van der Waals surface area contributed by atoms with E-state index >= 15 is 0 Å². The molecule has 2 aromatic carbocycles. The summed E-state index contributed by atoms with van der Waals surface area (Å²) in [5, 5.41) is 3.40. The summed E-state index contributed by atoms with van der Waals surface area (Å²) in [5.74, 6) is 0.500. The highest BCUT2D eigenvalue weighted by Crippen LogP contribution is 2.33. The maximum atomic E-state index is 12.6. The maximum absolute atomic E-state index is 12.6. The van der Waals surface area contributed by atoms with Crippen LogP contribution in [0.1, 0.15) is 23.6 Å². The Morgan fingerprint density at radius 1 is 1.18 bits per heavy atom. The molecular weight excluding hydrogens is 372 g/mol. The van der Waals surface area contributed by atoms with E-state index in [2.05, 4.69) is 21.4 Å². The quantitative estimate of drug-likeness (QED) is 0.866. The topological polar surface area (TPSA) is 74.1 Å². The van der Waals surface area contributed by atoms with E-state index in [0.717, 1.165) is 28.1 Å². The predicted molar refractivity (Wildman–Crippen MR) is 113 cm³/mol. The zero-order chi connectivity index (χ0) is 19.8. The number of aryl methyl sites for hydroxylation is 2. The van der Waals surface area contributed by atoms with Crippen LogP contribution in [0.5, 0.6) is 0 Å². The third-order valence-electron chi connectivity index (χ3n) is 4.50. The normalized spacial score (nSPS) is 17.6. The fourth-order valence-corrected chi connectivity index (χ4v) is 4.15. The predicted octanol–water partition coefficient (Wildman–Crippen LogP) is 3.65. The second-order valence-electron chi connectivity index (χ2n) is 6.93. The summed E-state index contributed by atoms with van der Waals surface area (Å²) in [7, 11) is 0. The van der Waals surface area contributed by atoms with Crippen LogP contribution in [-0.4, -0.2) is 39.5 Å². The van der Waals surface area contributed by atoms with Crippen molar-refractivity contribution < 1.29 is 9.59 Å². The summed E-state index contributed by atoms with van der Waals surface area (Å²) in [6, 6.07) is 13.1. The first-order chi connectivity index (χ1) is 13.4. The summed E-state index contributed by atoms with van der Waals surface area (Å²) in [5.41, 5.74) is 4.55. The number of para-hydroxylation sites is 1. The number of aliphatic imine (C=N–C) groups is 2. The number of hydrogen-bond acceptors (Lipinski definition) is 5. The van der Waals surface area contributed by atoms with Crippen molar-refractivity contribution in [3.63, 3.8) is 0 Å². The number of carbonyl (C=O) groups excluding carboxylic acids is 2. The summed E-state index contributed by atoms with van der Waals surface area (Å²) in [6.45, 7) is 5.75.